The van der Waals surface area contributed by atoms with Crippen LogP contribution in [-0.4, -0.2) is 67.7 Å². The van der Waals surface area contributed by atoms with Crippen LogP contribution < -0.4 is 0 Å². The molecule has 0 saturated carbocycles. The number of nitrogens with zero attached hydrogens (tertiary/aromatic N) is 1. The molecule has 0 radical (unpaired) electrons. The Bertz CT molecular complexity index is 1010. The van der Waals surface area contributed by atoms with Crippen molar-refractivity contribution in [3.63, 3.8) is 0 Å². The molecule has 2 saturated heterocycles. The van der Waals surface area contributed by atoms with Crippen LogP contribution in [0.3, 0.4) is 0 Å². The van der Waals surface area contributed by atoms with Crippen molar-refractivity contribution in [2.45, 2.75) is 116 Å². The number of hydrogen-bond donors (Lipinski definition) is 2. The van der Waals surface area contributed by atoms with Crippen molar-refractivity contribution in [1.82, 2.24) is 4.90 Å². The molecule has 2 fully saturated rings. The Balaban J connectivity index is 1.12. The highest BCUT2D eigenvalue weighted by Gasteiger charge is 2.47. The van der Waals surface area contributed by atoms with Gasteiger partial charge >= 0.3 is 0 Å². The summed E-state index contributed by atoms with van der Waals surface area (Å²) in [5.74, 6) is 0.619. The fourth-order valence-electron chi connectivity index (χ4n) is 6.97. The molecule has 1 aliphatic carbocycles. The Morgan fingerprint density at radius 1 is 0.805 bits per heavy atom. The van der Waals surface area contributed by atoms with Crippen molar-refractivity contribution < 1.29 is 29.4 Å². The smallest absolute Gasteiger partial charge is 0.254 e. The highest BCUT2D eigenvalue weighted by molar-refractivity contribution is 8.03. The summed E-state index contributed by atoms with van der Waals surface area (Å²) >= 11 is 3.24. The number of hydrogen-bond acceptors (Lipinski definition) is 8. The van der Waals surface area contributed by atoms with Gasteiger partial charge < -0.3 is 10.2 Å². The average Bonchev–Trinajstić information content (AvgIpc) is 3.53. The number of ketones is 2. The quantitative estimate of drug-likeness (QED) is 0.199. The number of thioether (sulfide) groups is 2. The summed E-state index contributed by atoms with van der Waals surface area (Å²) in [6, 6.07) is 0. The van der Waals surface area contributed by atoms with Gasteiger partial charge in [0, 0.05) is 16.5 Å². The fraction of sp³-hybridized carbons (Fsp3) is 0.750. The molecule has 228 valence electrons. The van der Waals surface area contributed by atoms with E-state index in [2.05, 4.69) is 0 Å². The lowest BCUT2D eigenvalue weighted by atomic mass is 9.66. The number of Topliss-reactive ketones (excluding diaryl/α,β-unsaturated/α-hetero) is 1. The van der Waals surface area contributed by atoms with E-state index in [4.69, 9.17) is 0 Å². The third-order valence-electron chi connectivity index (χ3n) is 9.38. The summed E-state index contributed by atoms with van der Waals surface area (Å²) in [5, 5.41) is 21.1. The van der Waals surface area contributed by atoms with Gasteiger partial charge in [-0.3, -0.25) is 24.1 Å². The summed E-state index contributed by atoms with van der Waals surface area (Å²) in [5.41, 5.74) is -1.04. The molecule has 3 aliphatic heterocycles. The topological polar surface area (TPSA) is 112 Å². The number of aliphatic hydroxyl groups excluding tert-OH is 2. The normalized spacial score (nSPS) is 26.6. The molecule has 0 spiro atoms. The first-order chi connectivity index (χ1) is 19.3. The summed E-state index contributed by atoms with van der Waals surface area (Å²) in [6.45, 7) is 7.85. The van der Waals surface area contributed by atoms with E-state index >= 15 is 0 Å². The maximum atomic E-state index is 13.1. The molecule has 0 bridgehead atoms. The average molecular weight is 606 g/mol. The van der Waals surface area contributed by atoms with Gasteiger partial charge in [-0.05, 0) is 106 Å². The zero-order valence-electron chi connectivity index (χ0n) is 25.0. The largest absolute Gasteiger partial charge is 0.393 e. The highest BCUT2D eigenvalue weighted by Crippen LogP contribution is 2.46. The number of rotatable bonds is 14. The minimum absolute atomic E-state index is 0.0633. The number of carbonyl (C=O) groups excluding carboxylic acids is 4. The van der Waals surface area contributed by atoms with Crippen LogP contribution in [0.2, 0.25) is 0 Å². The lowest BCUT2D eigenvalue weighted by Crippen LogP contribution is -2.54. The van der Waals surface area contributed by atoms with Crippen LogP contribution >= 0.6 is 23.5 Å². The summed E-state index contributed by atoms with van der Waals surface area (Å²) in [6.07, 6.45) is 9.84. The molecule has 0 aromatic heterocycles. The van der Waals surface area contributed by atoms with E-state index in [1.54, 1.807) is 35.7 Å². The van der Waals surface area contributed by atoms with Crippen molar-refractivity contribution >= 4 is 46.9 Å². The van der Waals surface area contributed by atoms with E-state index in [1.165, 1.54) is 4.90 Å². The van der Waals surface area contributed by atoms with Crippen LogP contribution in [0.1, 0.15) is 98.3 Å². The molecule has 2 N–H and O–H groups in total. The van der Waals surface area contributed by atoms with Crippen LogP contribution in [0.4, 0.5) is 0 Å². The molecule has 9 heteroatoms. The van der Waals surface area contributed by atoms with Gasteiger partial charge in [-0.1, -0.05) is 20.3 Å². The zero-order valence-corrected chi connectivity index (χ0v) is 26.7. The third-order valence-corrected chi connectivity index (χ3v) is 11.7. The second kappa shape index (κ2) is 13.5. The van der Waals surface area contributed by atoms with Gasteiger partial charge in [0.05, 0.1) is 30.0 Å². The van der Waals surface area contributed by atoms with E-state index in [-0.39, 0.29) is 35.2 Å². The second-order valence-electron chi connectivity index (χ2n) is 13.5. The molecule has 5 unspecified atom stereocenters. The molecule has 2 amide bonds. The van der Waals surface area contributed by atoms with Gasteiger partial charge in [0.1, 0.15) is 0 Å². The Morgan fingerprint density at radius 3 is 1.98 bits per heavy atom. The van der Waals surface area contributed by atoms with Crippen LogP contribution in [-0.2, 0) is 19.2 Å². The van der Waals surface area contributed by atoms with Crippen LogP contribution in [0, 0.1) is 23.2 Å². The Labute approximate surface area is 253 Å². The van der Waals surface area contributed by atoms with Gasteiger partial charge in [0.2, 0.25) is 5.91 Å². The predicted octanol–water partition coefficient (Wildman–Crippen LogP) is 5.43. The van der Waals surface area contributed by atoms with E-state index < -0.39 is 29.1 Å². The molecular formula is C32H47NO6S2. The Morgan fingerprint density at radius 2 is 1.34 bits per heavy atom. The number of fused-ring (bicyclic) bond motifs is 2. The van der Waals surface area contributed by atoms with E-state index in [9.17, 15) is 29.4 Å². The fourth-order valence-corrected chi connectivity index (χ4v) is 9.38. The van der Waals surface area contributed by atoms with E-state index in [0.717, 1.165) is 40.6 Å². The number of amides is 2. The number of carbonyl (C=O) groups is 4. The number of aliphatic hydroxyl groups is 2. The van der Waals surface area contributed by atoms with Crippen molar-refractivity contribution in [3.8, 4) is 0 Å². The maximum Gasteiger partial charge on any atom is 0.254 e. The minimum atomic E-state index is -0.603. The first-order valence-corrected chi connectivity index (χ1v) is 17.3. The van der Waals surface area contributed by atoms with Gasteiger partial charge in [-0.2, -0.15) is 0 Å². The van der Waals surface area contributed by atoms with E-state index in [0.29, 0.717) is 51.4 Å². The van der Waals surface area contributed by atoms with Crippen molar-refractivity contribution in [2.24, 2.45) is 23.2 Å². The molecular weight excluding hydrogens is 558 g/mol. The highest BCUT2D eigenvalue weighted by atomic mass is 32.2. The standard InChI is InChI=1S/C32H47NO6S2/c1-31(2,28-24(36)18-25-22(29(28)38)12-16-40-25)14-6-10-20(34)8-5-9-21(35)11-7-15-32(3,4)33-27(37)19-26-23(30(33)39)13-17-41-26/h18-23,28,34-35H,5-17H2,1-4H3. The van der Waals surface area contributed by atoms with Crippen LogP contribution in [0.5, 0.6) is 0 Å². The predicted molar refractivity (Wildman–Crippen MR) is 164 cm³/mol. The summed E-state index contributed by atoms with van der Waals surface area (Å²) in [4.78, 5) is 54.8. The first kappa shape index (κ1) is 32.5. The molecule has 4 aliphatic rings. The molecule has 3 heterocycles. The number of imide groups is 1. The van der Waals surface area contributed by atoms with Gasteiger partial charge in [0.15, 0.2) is 11.6 Å². The third kappa shape index (κ3) is 7.57. The second-order valence-corrected chi connectivity index (χ2v) is 15.9. The SMILES string of the molecule is CC(C)(CCCC(O)CCCC(O)CCCC(C)(C)N1C(=O)C=C2SCCC2C1=O)C1C(=O)C=C2SCCC2C1=O. The van der Waals surface area contributed by atoms with E-state index in [1.807, 2.05) is 27.7 Å². The first-order valence-electron chi connectivity index (χ1n) is 15.3. The molecule has 7 nitrogen and oxygen atoms in total. The zero-order chi connectivity index (χ0) is 29.9. The monoisotopic (exact) mass is 605 g/mol. The Kier molecular flexibility index (Phi) is 10.7. The van der Waals surface area contributed by atoms with Crippen molar-refractivity contribution in [1.29, 1.82) is 0 Å². The maximum absolute atomic E-state index is 13.1. The van der Waals surface area contributed by atoms with Crippen molar-refractivity contribution in [2.75, 3.05) is 11.5 Å². The summed E-state index contributed by atoms with van der Waals surface area (Å²) in [7, 11) is 0. The minimum Gasteiger partial charge on any atom is -0.393 e. The van der Waals surface area contributed by atoms with Crippen LogP contribution in [0.25, 0.3) is 0 Å². The molecule has 0 aromatic carbocycles. The van der Waals surface area contributed by atoms with Gasteiger partial charge in [-0.15, -0.1) is 23.5 Å². The van der Waals surface area contributed by atoms with Crippen LogP contribution in [0.15, 0.2) is 22.0 Å². The molecule has 4 rings (SSSR count). The summed E-state index contributed by atoms with van der Waals surface area (Å²) < 4.78 is 0. The molecule has 0 aromatic rings. The molecule has 5 atom stereocenters. The van der Waals surface area contributed by atoms with Gasteiger partial charge in [0.25, 0.3) is 5.91 Å². The molecule has 41 heavy (non-hydrogen) atoms. The lowest BCUT2D eigenvalue weighted by Gasteiger charge is -2.40. The van der Waals surface area contributed by atoms with Crippen molar-refractivity contribution in [3.05, 3.63) is 22.0 Å². The lowest BCUT2D eigenvalue weighted by molar-refractivity contribution is -0.152. The van der Waals surface area contributed by atoms with Gasteiger partial charge in [-0.25, -0.2) is 0 Å². The Hall–Kier alpha value is -1.42. The number of allylic oxidation sites excluding steroid dienone is 2.